The van der Waals surface area contributed by atoms with Crippen LogP contribution in [0.5, 0.6) is 5.88 Å². The fourth-order valence-corrected chi connectivity index (χ4v) is 4.24. The van der Waals surface area contributed by atoms with Gasteiger partial charge in [-0.25, -0.2) is 4.98 Å². The van der Waals surface area contributed by atoms with Crippen molar-refractivity contribution in [1.29, 1.82) is 0 Å². The van der Waals surface area contributed by atoms with Gasteiger partial charge in [-0.2, -0.15) is 0 Å². The summed E-state index contributed by atoms with van der Waals surface area (Å²) in [6, 6.07) is 8.60. The molecule has 3 heterocycles. The minimum absolute atomic E-state index is 0. The summed E-state index contributed by atoms with van der Waals surface area (Å²) >= 11 is 1.80. The lowest BCUT2D eigenvalue weighted by atomic mass is 10.2. The molecule has 1 fully saturated rings. The van der Waals surface area contributed by atoms with Crippen molar-refractivity contribution in [2.45, 2.75) is 32.4 Å². The molecule has 1 atom stereocenters. The predicted molar refractivity (Wildman–Crippen MR) is 138 cm³/mol. The van der Waals surface area contributed by atoms with Gasteiger partial charge in [0.25, 0.3) is 0 Å². The SMILES string of the molecule is CCCCOc1ncccc1CNC(=NC)NCC(c1cccs1)N1CCOCC1.I. The average Bonchev–Trinajstić information content (AvgIpc) is 3.32. The van der Waals surface area contributed by atoms with E-state index in [1.807, 2.05) is 12.1 Å². The molecule has 1 aliphatic heterocycles. The zero-order chi connectivity index (χ0) is 21.0. The quantitative estimate of drug-likeness (QED) is 0.200. The molecular formula is C22H34IN5O2S. The van der Waals surface area contributed by atoms with E-state index in [-0.39, 0.29) is 24.0 Å². The van der Waals surface area contributed by atoms with Gasteiger partial charge < -0.3 is 20.1 Å². The van der Waals surface area contributed by atoms with Gasteiger partial charge >= 0.3 is 0 Å². The molecule has 0 bridgehead atoms. The molecular weight excluding hydrogens is 525 g/mol. The number of ether oxygens (including phenoxy) is 2. The Morgan fingerprint density at radius 2 is 2.13 bits per heavy atom. The average molecular weight is 560 g/mol. The maximum atomic E-state index is 5.84. The van der Waals surface area contributed by atoms with Crippen molar-refractivity contribution >= 4 is 41.3 Å². The molecule has 7 nitrogen and oxygen atoms in total. The summed E-state index contributed by atoms with van der Waals surface area (Å²) in [5.74, 6) is 1.46. The highest BCUT2D eigenvalue weighted by Crippen LogP contribution is 2.25. The van der Waals surface area contributed by atoms with Crippen LogP contribution in [0.3, 0.4) is 0 Å². The normalized spacial score (nSPS) is 15.7. The molecule has 9 heteroatoms. The second-order valence-electron chi connectivity index (χ2n) is 7.16. The van der Waals surface area contributed by atoms with Crippen molar-refractivity contribution < 1.29 is 9.47 Å². The number of unbranched alkanes of at least 4 members (excludes halogenated alkanes) is 1. The van der Waals surface area contributed by atoms with Crippen LogP contribution in [0.25, 0.3) is 0 Å². The number of aromatic nitrogens is 1. The second-order valence-corrected chi connectivity index (χ2v) is 8.14. The Kier molecular flexibility index (Phi) is 12.2. The molecule has 31 heavy (non-hydrogen) atoms. The van der Waals surface area contributed by atoms with E-state index in [1.54, 1.807) is 24.6 Å². The Bertz CT molecular complexity index is 769. The molecule has 2 aromatic rings. The third kappa shape index (κ3) is 8.21. The van der Waals surface area contributed by atoms with E-state index in [0.29, 0.717) is 25.1 Å². The first-order valence-corrected chi connectivity index (χ1v) is 11.6. The minimum Gasteiger partial charge on any atom is -0.477 e. The van der Waals surface area contributed by atoms with E-state index in [1.165, 1.54) is 4.88 Å². The van der Waals surface area contributed by atoms with Crippen LogP contribution < -0.4 is 15.4 Å². The Hall–Kier alpha value is -1.43. The molecule has 1 saturated heterocycles. The van der Waals surface area contributed by atoms with E-state index in [9.17, 15) is 0 Å². The van der Waals surface area contributed by atoms with E-state index < -0.39 is 0 Å². The number of nitrogens with zero attached hydrogens (tertiary/aromatic N) is 3. The third-order valence-corrected chi connectivity index (χ3v) is 6.05. The molecule has 0 radical (unpaired) electrons. The summed E-state index contributed by atoms with van der Waals surface area (Å²) < 4.78 is 11.4. The number of hydrogen-bond donors (Lipinski definition) is 2. The minimum atomic E-state index is 0. The highest BCUT2D eigenvalue weighted by Gasteiger charge is 2.23. The molecule has 0 saturated carbocycles. The molecule has 0 spiro atoms. The monoisotopic (exact) mass is 559 g/mol. The fourth-order valence-electron chi connectivity index (χ4n) is 3.37. The number of hydrogen-bond acceptors (Lipinski definition) is 6. The van der Waals surface area contributed by atoms with Crippen LogP contribution in [0.2, 0.25) is 0 Å². The molecule has 2 N–H and O–H groups in total. The van der Waals surface area contributed by atoms with Crippen LogP contribution in [0.4, 0.5) is 0 Å². The highest BCUT2D eigenvalue weighted by atomic mass is 127. The predicted octanol–water partition coefficient (Wildman–Crippen LogP) is 3.68. The molecule has 1 aliphatic rings. The summed E-state index contributed by atoms with van der Waals surface area (Å²) in [5, 5.41) is 9.04. The number of nitrogens with one attached hydrogen (secondary N) is 2. The summed E-state index contributed by atoms with van der Waals surface area (Å²) in [4.78, 5) is 12.6. The summed E-state index contributed by atoms with van der Waals surface area (Å²) in [7, 11) is 1.80. The largest absolute Gasteiger partial charge is 0.477 e. The maximum absolute atomic E-state index is 5.84. The Morgan fingerprint density at radius 3 is 2.84 bits per heavy atom. The van der Waals surface area contributed by atoms with Gasteiger partial charge in [0.2, 0.25) is 5.88 Å². The number of guanidine groups is 1. The molecule has 3 rings (SSSR count). The van der Waals surface area contributed by atoms with Crippen LogP contribution in [-0.2, 0) is 11.3 Å². The van der Waals surface area contributed by atoms with Gasteiger partial charge in [0.05, 0.1) is 25.9 Å². The van der Waals surface area contributed by atoms with Gasteiger partial charge in [-0.1, -0.05) is 25.5 Å². The Balaban J connectivity index is 0.00000341. The second kappa shape index (κ2) is 14.6. The summed E-state index contributed by atoms with van der Waals surface area (Å²) in [6.07, 6.45) is 3.90. The smallest absolute Gasteiger partial charge is 0.218 e. The number of morpholine rings is 1. The number of rotatable bonds is 10. The first-order valence-electron chi connectivity index (χ1n) is 10.7. The van der Waals surface area contributed by atoms with Crippen LogP contribution in [-0.4, -0.2) is 62.3 Å². The zero-order valence-electron chi connectivity index (χ0n) is 18.4. The molecule has 0 amide bonds. The van der Waals surface area contributed by atoms with Gasteiger partial charge in [0, 0.05) is 49.9 Å². The van der Waals surface area contributed by atoms with Crippen LogP contribution >= 0.6 is 35.3 Å². The van der Waals surface area contributed by atoms with Gasteiger partial charge in [0.15, 0.2) is 5.96 Å². The van der Waals surface area contributed by atoms with Crippen LogP contribution in [0.1, 0.15) is 36.2 Å². The number of halogens is 1. The van der Waals surface area contributed by atoms with Crippen LogP contribution in [0.15, 0.2) is 40.8 Å². The summed E-state index contributed by atoms with van der Waals surface area (Å²) in [5.41, 5.74) is 1.03. The van der Waals surface area contributed by atoms with Crippen LogP contribution in [0, 0.1) is 0 Å². The van der Waals surface area contributed by atoms with Crippen molar-refractivity contribution in [1.82, 2.24) is 20.5 Å². The highest BCUT2D eigenvalue weighted by molar-refractivity contribution is 14.0. The maximum Gasteiger partial charge on any atom is 0.218 e. The van der Waals surface area contributed by atoms with E-state index in [2.05, 4.69) is 49.9 Å². The molecule has 0 aromatic carbocycles. The lowest BCUT2D eigenvalue weighted by Crippen LogP contribution is -2.46. The topological polar surface area (TPSA) is 71.0 Å². The first-order chi connectivity index (χ1) is 14.8. The van der Waals surface area contributed by atoms with E-state index in [0.717, 1.165) is 57.2 Å². The first kappa shape index (κ1) is 25.8. The number of pyridine rings is 1. The van der Waals surface area contributed by atoms with Gasteiger partial charge in [-0.3, -0.25) is 9.89 Å². The van der Waals surface area contributed by atoms with E-state index in [4.69, 9.17) is 9.47 Å². The van der Waals surface area contributed by atoms with Crippen molar-refractivity contribution in [3.63, 3.8) is 0 Å². The standard InChI is InChI=1S/C22H33N5O2S.HI/c1-3-4-12-29-21-18(7-5-9-24-21)16-25-22(23-2)26-17-19(20-8-6-15-30-20)27-10-13-28-14-11-27;/h5-9,15,19H,3-4,10-14,16-17H2,1-2H3,(H2,23,25,26);1H. The molecule has 172 valence electrons. The van der Waals surface area contributed by atoms with E-state index >= 15 is 0 Å². The van der Waals surface area contributed by atoms with Gasteiger partial charge in [-0.05, 0) is 23.9 Å². The number of aliphatic imine (C=N–C) groups is 1. The fraction of sp³-hybridized carbons (Fsp3) is 0.545. The molecule has 1 unspecified atom stereocenters. The van der Waals surface area contributed by atoms with Gasteiger partial charge in [0.1, 0.15) is 0 Å². The zero-order valence-corrected chi connectivity index (χ0v) is 21.5. The van der Waals surface area contributed by atoms with Crippen molar-refractivity contribution in [2.24, 2.45) is 4.99 Å². The number of thiophene rings is 1. The van der Waals surface area contributed by atoms with Crippen molar-refractivity contribution in [3.05, 3.63) is 46.3 Å². The van der Waals surface area contributed by atoms with Crippen molar-refractivity contribution in [3.8, 4) is 5.88 Å². The third-order valence-electron chi connectivity index (χ3n) is 5.08. The lowest BCUT2D eigenvalue weighted by molar-refractivity contribution is 0.0177. The lowest BCUT2D eigenvalue weighted by Gasteiger charge is -2.34. The molecule has 2 aromatic heterocycles. The van der Waals surface area contributed by atoms with Gasteiger partial charge in [-0.15, -0.1) is 35.3 Å². The van der Waals surface area contributed by atoms with Crippen molar-refractivity contribution in [2.75, 3.05) is 46.5 Å². The molecule has 0 aliphatic carbocycles. The Labute approximate surface area is 206 Å². The summed E-state index contributed by atoms with van der Waals surface area (Å²) in [6.45, 7) is 7.71. The Morgan fingerprint density at radius 1 is 1.29 bits per heavy atom.